The Bertz CT molecular complexity index is 1280. The van der Waals surface area contributed by atoms with E-state index in [2.05, 4.69) is 48.0 Å². The predicted octanol–water partition coefficient (Wildman–Crippen LogP) is 8.48. The van der Waals surface area contributed by atoms with Crippen LogP contribution < -0.4 is 5.32 Å². The van der Waals surface area contributed by atoms with Crippen LogP contribution in [-0.4, -0.2) is 47.3 Å². The van der Waals surface area contributed by atoms with Gasteiger partial charge in [-0.2, -0.15) is 0 Å². The van der Waals surface area contributed by atoms with Crippen molar-refractivity contribution < 1.29 is 9.59 Å². The summed E-state index contributed by atoms with van der Waals surface area (Å²) in [7, 11) is 0. The summed E-state index contributed by atoms with van der Waals surface area (Å²) in [6.07, 6.45) is 7.83. The molecule has 224 valence electrons. The van der Waals surface area contributed by atoms with Crippen molar-refractivity contribution in [1.82, 2.24) is 9.80 Å². The molecule has 0 aliphatic carbocycles. The zero-order valence-electron chi connectivity index (χ0n) is 25.4. The van der Waals surface area contributed by atoms with E-state index in [9.17, 15) is 9.59 Å². The number of aryl methyl sites for hydroxylation is 1. The molecule has 1 saturated heterocycles. The van der Waals surface area contributed by atoms with Crippen molar-refractivity contribution in [3.05, 3.63) is 100 Å². The van der Waals surface area contributed by atoms with Gasteiger partial charge in [0, 0.05) is 36.9 Å². The summed E-state index contributed by atoms with van der Waals surface area (Å²) in [6.45, 7) is 10.5. The van der Waals surface area contributed by atoms with Gasteiger partial charge in [0.05, 0.1) is 10.6 Å². The second-order valence-electron chi connectivity index (χ2n) is 12.0. The van der Waals surface area contributed by atoms with Crippen LogP contribution in [0.15, 0.2) is 72.8 Å². The summed E-state index contributed by atoms with van der Waals surface area (Å²) in [6, 6.07) is 23.2. The highest BCUT2D eigenvalue weighted by Crippen LogP contribution is 2.24. The van der Waals surface area contributed by atoms with Gasteiger partial charge in [-0.3, -0.25) is 9.59 Å². The van der Waals surface area contributed by atoms with Gasteiger partial charge in [0.25, 0.3) is 11.8 Å². The van der Waals surface area contributed by atoms with E-state index in [0.717, 1.165) is 50.0 Å². The Morgan fingerprint density at radius 1 is 0.929 bits per heavy atom. The monoisotopic (exact) mass is 587 g/mol. The number of anilines is 1. The highest BCUT2D eigenvalue weighted by molar-refractivity contribution is 6.34. The molecule has 4 rings (SSSR count). The molecule has 0 spiro atoms. The summed E-state index contributed by atoms with van der Waals surface area (Å²) in [4.78, 5) is 31.3. The number of halogens is 1. The van der Waals surface area contributed by atoms with Crippen molar-refractivity contribution in [3.8, 4) is 0 Å². The van der Waals surface area contributed by atoms with E-state index in [1.807, 2.05) is 36.4 Å². The molecule has 1 aliphatic rings. The van der Waals surface area contributed by atoms with E-state index in [0.29, 0.717) is 28.7 Å². The third-order valence-corrected chi connectivity index (χ3v) is 8.56. The average Bonchev–Trinajstić information content (AvgIpc) is 3.00. The first-order chi connectivity index (χ1) is 20.3. The Balaban J connectivity index is 1.46. The number of hydrogen-bond donors (Lipinski definition) is 1. The summed E-state index contributed by atoms with van der Waals surface area (Å²) in [5.74, 6) is 0.544. The number of rotatable bonds is 13. The molecule has 3 aromatic rings. The quantitative estimate of drug-likeness (QED) is 0.204. The fraction of sp³-hybridized carbons (Fsp3) is 0.444. The molecule has 2 amide bonds. The van der Waals surface area contributed by atoms with Gasteiger partial charge in [-0.25, -0.2) is 0 Å². The average molecular weight is 588 g/mol. The van der Waals surface area contributed by atoms with Crippen LogP contribution in [0, 0.1) is 5.92 Å². The van der Waals surface area contributed by atoms with Gasteiger partial charge < -0.3 is 15.1 Å². The Hall–Kier alpha value is -3.15. The van der Waals surface area contributed by atoms with Crippen LogP contribution >= 0.6 is 11.6 Å². The molecule has 6 heteroatoms. The smallest absolute Gasteiger partial charge is 0.257 e. The second-order valence-corrected chi connectivity index (χ2v) is 12.4. The number of likely N-dealkylation sites (tertiary alicyclic amines) is 1. The van der Waals surface area contributed by atoms with Gasteiger partial charge in [-0.15, -0.1) is 0 Å². The number of hydrogen-bond acceptors (Lipinski definition) is 3. The fourth-order valence-electron chi connectivity index (χ4n) is 5.56. The number of nitrogens with zero attached hydrogens (tertiary/aromatic N) is 2. The van der Waals surface area contributed by atoms with Gasteiger partial charge in [0.2, 0.25) is 0 Å². The molecule has 1 aliphatic heterocycles. The molecule has 3 aromatic carbocycles. The van der Waals surface area contributed by atoms with Crippen LogP contribution in [0.5, 0.6) is 0 Å². The summed E-state index contributed by atoms with van der Waals surface area (Å²) in [5, 5.41) is 3.35. The van der Waals surface area contributed by atoms with Crippen molar-refractivity contribution in [2.45, 2.75) is 78.3 Å². The van der Waals surface area contributed by atoms with Gasteiger partial charge in [0.15, 0.2) is 0 Å². The molecule has 0 bridgehead atoms. The number of unbranched alkanes of at least 4 members (excludes halogenated alkanes) is 2. The highest BCUT2D eigenvalue weighted by atomic mass is 35.5. The van der Waals surface area contributed by atoms with Crippen LogP contribution in [0.2, 0.25) is 5.02 Å². The van der Waals surface area contributed by atoms with Crippen molar-refractivity contribution in [3.63, 3.8) is 0 Å². The first-order valence-corrected chi connectivity index (χ1v) is 16.0. The molecule has 42 heavy (non-hydrogen) atoms. The zero-order valence-corrected chi connectivity index (χ0v) is 26.2. The molecule has 5 nitrogen and oxygen atoms in total. The molecule has 0 unspecified atom stereocenters. The lowest BCUT2D eigenvalue weighted by atomic mass is 9.99. The molecule has 1 N–H and O–H groups in total. The molecule has 0 aromatic heterocycles. The fourth-order valence-corrected chi connectivity index (χ4v) is 5.78. The van der Waals surface area contributed by atoms with Crippen molar-refractivity contribution in [2.24, 2.45) is 5.92 Å². The number of amides is 2. The predicted molar refractivity (Wildman–Crippen MR) is 174 cm³/mol. The number of nitrogens with one attached hydrogen (secondary N) is 1. The third kappa shape index (κ3) is 9.17. The zero-order chi connectivity index (χ0) is 29.9. The molecule has 0 atom stereocenters. The lowest BCUT2D eigenvalue weighted by Gasteiger charge is -2.39. The van der Waals surface area contributed by atoms with Crippen LogP contribution in [0.3, 0.4) is 0 Å². The Labute approximate surface area is 257 Å². The third-order valence-electron chi connectivity index (χ3n) is 8.23. The van der Waals surface area contributed by atoms with Crippen LogP contribution in [0.1, 0.15) is 91.1 Å². The SMILES string of the molecule is CCCCCc1ccc(C(=O)N(Cc2ccc(NC(=O)c3ccccc3Cl)cc2)C2CCN(CCC(C)C)CC2)cc1. The molecular weight excluding hydrogens is 542 g/mol. The van der Waals surface area contributed by atoms with E-state index >= 15 is 0 Å². The number of carbonyl (C=O) groups is 2. The van der Waals surface area contributed by atoms with Gasteiger partial charge in [-0.1, -0.05) is 81.6 Å². The highest BCUT2D eigenvalue weighted by Gasteiger charge is 2.29. The van der Waals surface area contributed by atoms with Crippen molar-refractivity contribution in [1.29, 1.82) is 0 Å². The summed E-state index contributed by atoms with van der Waals surface area (Å²) < 4.78 is 0. The van der Waals surface area contributed by atoms with E-state index in [-0.39, 0.29) is 17.9 Å². The standard InChI is InChI=1S/C36H46ClN3O2/c1-4-5-6-9-28-12-16-30(17-13-28)36(42)40(32-21-24-39(25-22-32)23-20-27(2)3)26-29-14-18-31(19-15-29)38-35(41)33-10-7-8-11-34(33)37/h7-8,10-19,27,32H,4-6,9,20-26H2,1-3H3,(H,38,41). The topological polar surface area (TPSA) is 52.7 Å². The maximum Gasteiger partial charge on any atom is 0.257 e. The first-order valence-electron chi connectivity index (χ1n) is 15.6. The molecular formula is C36H46ClN3O2. The van der Waals surface area contributed by atoms with Crippen molar-refractivity contribution in [2.75, 3.05) is 25.0 Å². The minimum atomic E-state index is -0.243. The van der Waals surface area contributed by atoms with Crippen LogP contribution in [0.4, 0.5) is 5.69 Å². The Kier molecular flexibility index (Phi) is 12.0. The second kappa shape index (κ2) is 15.9. The number of piperidine rings is 1. The largest absolute Gasteiger partial charge is 0.331 e. The molecule has 1 heterocycles. The Morgan fingerprint density at radius 2 is 1.60 bits per heavy atom. The van der Waals surface area contributed by atoms with E-state index < -0.39 is 0 Å². The minimum Gasteiger partial charge on any atom is -0.331 e. The lowest BCUT2D eigenvalue weighted by Crippen LogP contribution is -2.47. The van der Waals surface area contributed by atoms with Gasteiger partial charge >= 0.3 is 0 Å². The number of carbonyl (C=O) groups excluding carboxylic acids is 2. The maximum atomic E-state index is 14.0. The summed E-state index contributed by atoms with van der Waals surface area (Å²) >= 11 is 6.20. The number of benzene rings is 3. The van der Waals surface area contributed by atoms with E-state index in [4.69, 9.17) is 11.6 Å². The van der Waals surface area contributed by atoms with E-state index in [1.54, 1.807) is 24.3 Å². The van der Waals surface area contributed by atoms with E-state index in [1.165, 1.54) is 31.2 Å². The molecule has 1 fully saturated rings. The minimum absolute atomic E-state index is 0.0897. The molecule has 0 saturated carbocycles. The van der Waals surface area contributed by atoms with Crippen molar-refractivity contribution >= 4 is 29.1 Å². The van der Waals surface area contributed by atoms with Crippen LogP contribution in [0.25, 0.3) is 0 Å². The van der Waals surface area contributed by atoms with Crippen LogP contribution in [-0.2, 0) is 13.0 Å². The normalized spacial score (nSPS) is 14.2. The Morgan fingerprint density at radius 3 is 2.24 bits per heavy atom. The van der Waals surface area contributed by atoms with Gasteiger partial charge in [-0.05, 0) is 92.1 Å². The maximum absolute atomic E-state index is 14.0. The lowest BCUT2D eigenvalue weighted by molar-refractivity contribution is 0.0546. The first kappa shape index (κ1) is 31.8. The molecule has 0 radical (unpaired) electrons. The van der Waals surface area contributed by atoms with Gasteiger partial charge in [0.1, 0.15) is 0 Å². The summed E-state index contributed by atoms with van der Waals surface area (Å²) in [5.41, 5.74) is 4.21.